The van der Waals surface area contributed by atoms with Crippen molar-refractivity contribution in [1.82, 2.24) is 5.32 Å². The maximum absolute atomic E-state index is 5.50. The normalized spacial score (nSPS) is 20.1. The minimum Gasteiger partial charge on any atom is -0.493 e. The summed E-state index contributed by atoms with van der Waals surface area (Å²) in [5.74, 6) is 2.16. The minimum absolute atomic E-state index is 0.505. The summed E-state index contributed by atoms with van der Waals surface area (Å²) in [6.45, 7) is 2.12. The van der Waals surface area contributed by atoms with Gasteiger partial charge in [0.05, 0.1) is 14.2 Å². The largest absolute Gasteiger partial charge is 0.493 e. The molecule has 0 amide bonds. The van der Waals surface area contributed by atoms with Gasteiger partial charge in [-0.05, 0) is 31.5 Å². The van der Waals surface area contributed by atoms with Gasteiger partial charge >= 0.3 is 0 Å². The van der Waals surface area contributed by atoms with E-state index in [1.807, 2.05) is 6.07 Å². The van der Waals surface area contributed by atoms with E-state index in [9.17, 15) is 0 Å². The van der Waals surface area contributed by atoms with Crippen LogP contribution < -0.4 is 14.8 Å². The number of nitrogens with one attached hydrogen (secondary N) is 1. The molecule has 0 aliphatic carbocycles. The first-order valence-electron chi connectivity index (χ1n) is 5.88. The Morgan fingerprint density at radius 2 is 2.12 bits per heavy atom. The Bertz CT molecular complexity index is 389. The molecule has 1 aromatic carbocycles. The second-order valence-corrected chi connectivity index (χ2v) is 5.19. The summed E-state index contributed by atoms with van der Waals surface area (Å²) in [7, 11) is 3.37. The van der Waals surface area contributed by atoms with Crippen LogP contribution in [0, 0.1) is 0 Å². The molecule has 0 spiro atoms. The lowest BCUT2D eigenvalue weighted by Gasteiger charge is -2.25. The molecule has 1 atom stereocenters. The predicted molar refractivity (Wildman–Crippen MR) is 72.1 cm³/mol. The zero-order valence-corrected chi connectivity index (χ0v) is 11.8. The predicted octanol–water partition coefficient (Wildman–Crippen LogP) is 2.93. The van der Waals surface area contributed by atoms with Gasteiger partial charge in [0.2, 0.25) is 0 Å². The van der Waals surface area contributed by atoms with Crippen molar-refractivity contribution in [2.75, 3.05) is 27.3 Å². The maximum atomic E-state index is 5.50. The smallest absolute Gasteiger partial charge is 0.164 e. The molecule has 4 heteroatoms. The fourth-order valence-electron chi connectivity index (χ4n) is 2.38. The molecule has 0 radical (unpaired) electrons. The first kappa shape index (κ1) is 12.7. The number of ether oxygens (including phenoxy) is 2. The first-order chi connectivity index (χ1) is 8.26. The molecule has 1 aliphatic heterocycles. The fourth-order valence-corrected chi connectivity index (χ4v) is 2.83. The number of halogens is 1. The molecule has 3 nitrogen and oxygen atoms in total. The van der Waals surface area contributed by atoms with Crippen molar-refractivity contribution in [2.24, 2.45) is 0 Å². The fraction of sp³-hybridized carbons (Fsp3) is 0.538. The van der Waals surface area contributed by atoms with E-state index < -0.39 is 0 Å². The van der Waals surface area contributed by atoms with Gasteiger partial charge in [-0.1, -0.05) is 15.9 Å². The van der Waals surface area contributed by atoms with Crippen molar-refractivity contribution in [3.05, 3.63) is 22.2 Å². The highest BCUT2D eigenvalue weighted by molar-refractivity contribution is 9.10. The molecule has 1 unspecified atom stereocenters. The van der Waals surface area contributed by atoms with Crippen LogP contribution >= 0.6 is 15.9 Å². The molecule has 17 heavy (non-hydrogen) atoms. The zero-order valence-electron chi connectivity index (χ0n) is 10.3. The van der Waals surface area contributed by atoms with Crippen molar-refractivity contribution in [1.29, 1.82) is 0 Å². The molecule has 0 aromatic heterocycles. The second kappa shape index (κ2) is 5.74. The number of benzene rings is 1. The highest BCUT2D eigenvalue weighted by atomic mass is 79.9. The van der Waals surface area contributed by atoms with Crippen molar-refractivity contribution < 1.29 is 9.47 Å². The van der Waals surface area contributed by atoms with Crippen LogP contribution in [0.5, 0.6) is 11.5 Å². The summed E-state index contributed by atoms with van der Waals surface area (Å²) in [5.41, 5.74) is 1.23. The van der Waals surface area contributed by atoms with Crippen LogP contribution in [0.3, 0.4) is 0 Å². The molecule has 94 valence electrons. The summed E-state index contributed by atoms with van der Waals surface area (Å²) >= 11 is 3.53. The standard InChI is InChI=1S/C13H18BrNO2/c1-16-12-7-10(14)6-11(13(12)17-2)9-4-3-5-15-8-9/h6-7,9,15H,3-5,8H2,1-2H3. The van der Waals surface area contributed by atoms with Crippen LogP contribution in [-0.2, 0) is 0 Å². The van der Waals surface area contributed by atoms with Crippen molar-refractivity contribution in [2.45, 2.75) is 18.8 Å². The Kier molecular flexibility index (Phi) is 4.29. The van der Waals surface area contributed by atoms with Crippen molar-refractivity contribution in [3.63, 3.8) is 0 Å². The molecule has 1 N–H and O–H groups in total. The topological polar surface area (TPSA) is 30.5 Å². The number of rotatable bonds is 3. The molecule has 1 aromatic rings. The summed E-state index contributed by atoms with van der Waals surface area (Å²) in [6.07, 6.45) is 2.41. The van der Waals surface area contributed by atoms with E-state index in [4.69, 9.17) is 9.47 Å². The van der Waals surface area contributed by atoms with Crippen LogP contribution in [-0.4, -0.2) is 27.3 Å². The maximum Gasteiger partial charge on any atom is 0.164 e. The van der Waals surface area contributed by atoms with Crippen LogP contribution in [0.4, 0.5) is 0 Å². The third kappa shape index (κ3) is 2.75. The third-order valence-electron chi connectivity index (χ3n) is 3.21. The van der Waals surface area contributed by atoms with Gasteiger partial charge in [-0.2, -0.15) is 0 Å². The van der Waals surface area contributed by atoms with Gasteiger partial charge in [0.25, 0.3) is 0 Å². The molecule has 0 bridgehead atoms. The van der Waals surface area contributed by atoms with E-state index in [-0.39, 0.29) is 0 Å². The molecule has 1 fully saturated rings. The van der Waals surface area contributed by atoms with Gasteiger partial charge in [0.1, 0.15) is 0 Å². The summed E-state index contributed by atoms with van der Waals surface area (Å²) in [6, 6.07) is 4.08. The van der Waals surface area contributed by atoms with Gasteiger partial charge in [0, 0.05) is 22.5 Å². The minimum atomic E-state index is 0.505. The Labute approximate surface area is 111 Å². The quantitative estimate of drug-likeness (QED) is 0.931. The molecule has 1 heterocycles. The summed E-state index contributed by atoms with van der Waals surface area (Å²) in [4.78, 5) is 0. The average Bonchev–Trinajstić information content (AvgIpc) is 2.38. The molecule has 1 aliphatic rings. The monoisotopic (exact) mass is 299 g/mol. The second-order valence-electron chi connectivity index (χ2n) is 4.27. The van der Waals surface area contributed by atoms with Crippen molar-refractivity contribution >= 4 is 15.9 Å². The van der Waals surface area contributed by atoms with Gasteiger partial charge in [-0.15, -0.1) is 0 Å². The Morgan fingerprint density at radius 3 is 2.71 bits per heavy atom. The molecule has 1 saturated heterocycles. The van der Waals surface area contributed by atoms with Crippen LogP contribution in [0.2, 0.25) is 0 Å². The van der Waals surface area contributed by atoms with E-state index in [2.05, 4.69) is 27.3 Å². The number of piperidine rings is 1. The van der Waals surface area contributed by atoms with E-state index >= 15 is 0 Å². The summed E-state index contributed by atoms with van der Waals surface area (Å²) < 4.78 is 11.9. The van der Waals surface area contributed by atoms with E-state index in [1.165, 1.54) is 18.4 Å². The summed E-state index contributed by atoms with van der Waals surface area (Å²) in [5, 5.41) is 3.43. The SMILES string of the molecule is COc1cc(Br)cc(C2CCCNC2)c1OC. The van der Waals surface area contributed by atoms with E-state index in [1.54, 1.807) is 14.2 Å². The Morgan fingerprint density at radius 1 is 1.29 bits per heavy atom. The number of methoxy groups -OCH3 is 2. The van der Waals surface area contributed by atoms with Crippen LogP contribution in [0.25, 0.3) is 0 Å². The van der Waals surface area contributed by atoms with Crippen LogP contribution in [0.1, 0.15) is 24.3 Å². The lowest BCUT2D eigenvalue weighted by Crippen LogP contribution is -2.28. The van der Waals surface area contributed by atoms with Gasteiger partial charge in [-0.3, -0.25) is 0 Å². The Balaban J connectivity index is 2.39. The highest BCUT2D eigenvalue weighted by Gasteiger charge is 2.22. The number of hydrogen-bond donors (Lipinski definition) is 1. The molecular formula is C13H18BrNO2. The highest BCUT2D eigenvalue weighted by Crippen LogP contribution is 2.40. The zero-order chi connectivity index (χ0) is 12.3. The molecule has 2 rings (SSSR count). The van der Waals surface area contributed by atoms with Crippen molar-refractivity contribution in [3.8, 4) is 11.5 Å². The molecule has 0 saturated carbocycles. The van der Waals surface area contributed by atoms with Gasteiger partial charge in [-0.25, -0.2) is 0 Å². The lowest BCUT2D eigenvalue weighted by atomic mass is 9.91. The Hall–Kier alpha value is -0.740. The van der Waals surface area contributed by atoms with E-state index in [0.29, 0.717) is 5.92 Å². The number of hydrogen-bond acceptors (Lipinski definition) is 3. The average molecular weight is 300 g/mol. The third-order valence-corrected chi connectivity index (χ3v) is 3.67. The van der Waals surface area contributed by atoms with Gasteiger partial charge in [0.15, 0.2) is 11.5 Å². The first-order valence-corrected chi connectivity index (χ1v) is 6.67. The molecular weight excluding hydrogens is 282 g/mol. The van der Waals surface area contributed by atoms with Gasteiger partial charge < -0.3 is 14.8 Å². The van der Waals surface area contributed by atoms with Crippen LogP contribution in [0.15, 0.2) is 16.6 Å². The van der Waals surface area contributed by atoms with E-state index in [0.717, 1.165) is 29.1 Å². The lowest BCUT2D eigenvalue weighted by molar-refractivity contribution is 0.344.